The number of sulfonamides is 1. The van der Waals surface area contributed by atoms with E-state index < -0.39 is 10.0 Å². The van der Waals surface area contributed by atoms with Crippen LogP contribution in [0.2, 0.25) is 0 Å². The minimum Gasteiger partial charge on any atom is -0.241 e. The minimum absolute atomic E-state index is 0.0654. The third-order valence-corrected chi connectivity index (χ3v) is 4.88. The maximum absolute atomic E-state index is 13.2. The van der Waals surface area contributed by atoms with E-state index in [0.717, 1.165) is 21.8 Å². The summed E-state index contributed by atoms with van der Waals surface area (Å²) < 4.78 is 38.0. The van der Waals surface area contributed by atoms with Crippen molar-refractivity contribution in [3.8, 4) is 11.3 Å². The molecule has 0 spiro atoms. The van der Waals surface area contributed by atoms with Crippen molar-refractivity contribution >= 4 is 16.0 Å². The largest absolute Gasteiger partial charge is 0.241 e. The zero-order valence-electron chi connectivity index (χ0n) is 14.2. The van der Waals surface area contributed by atoms with Gasteiger partial charge in [-0.15, -0.1) is 0 Å². The summed E-state index contributed by atoms with van der Waals surface area (Å²) in [6, 6.07) is 5.93. The molecule has 0 amide bonds. The number of benzene rings is 1. The predicted molar refractivity (Wildman–Crippen MR) is 93.8 cm³/mol. The minimum atomic E-state index is -3.49. The molecule has 0 N–H and O–H groups in total. The van der Waals surface area contributed by atoms with Crippen molar-refractivity contribution in [1.29, 1.82) is 0 Å². The standard InChI is InChI=1S/C17H21FN3O2S/c1-6-14-15(11(2)3)19-17(21(4)24(5,22)23)20-16(14)12-7-9-13(18)10-8-12/h7-11H,1,6H2,2-5H3. The summed E-state index contributed by atoms with van der Waals surface area (Å²) >= 11 is 0. The Bertz CT molecular complexity index is 834. The summed E-state index contributed by atoms with van der Waals surface area (Å²) in [4.78, 5) is 8.86. The zero-order valence-corrected chi connectivity index (χ0v) is 15.1. The molecule has 0 fully saturated rings. The van der Waals surface area contributed by atoms with Crippen LogP contribution < -0.4 is 4.31 Å². The third kappa shape index (κ3) is 3.72. The fraction of sp³-hybridized carbons (Fsp3) is 0.353. The van der Waals surface area contributed by atoms with Gasteiger partial charge in [-0.05, 0) is 43.5 Å². The maximum Gasteiger partial charge on any atom is 0.239 e. The van der Waals surface area contributed by atoms with Gasteiger partial charge in [0.25, 0.3) is 0 Å². The molecule has 0 aliphatic carbocycles. The highest BCUT2D eigenvalue weighted by atomic mass is 32.2. The van der Waals surface area contributed by atoms with Gasteiger partial charge in [-0.3, -0.25) is 0 Å². The molecule has 1 heterocycles. The van der Waals surface area contributed by atoms with E-state index in [2.05, 4.69) is 16.9 Å². The van der Waals surface area contributed by atoms with Crippen molar-refractivity contribution in [2.75, 3.05) is 17.6 Å². The first-order chi connectivity index (χ1) is 11.1. The van der Waals surface area contributed by atoms with Crippen molar-refractivity contribution in [2.24, 2.45) is 0 Å². The van der Waals surface area contributed by atoms with E-state index in [1.54, 1.807) is 12.1 Å². The molecular weight excluding hydrogens is 329 g/mol. The summed E-state index contributed by atoms with van der Waals surface area (Å²) in [5.74, 6) is -0.185. The van der Waals surface area contributed by atoms with E-state index in [1.165, 1.54) is 19.2 Å². The molecule has 129 valence electrons. The van der Waals surface area contributed by atoms with Crippen molar-refractivity contribution in [3.63, 3.8) is 0 Å². The first-order valence-electron chi connectivity index (χ1n) is 7.55. The molecule has 2 rings (SSSR count). The Morgan fingerprint density at radius 3 is 2.25 bits per heavy atom. The van der Waals surface area contributed by atoms with Crippen LogP contribution in [0.5, 0.6) is 0 Å². The summed E-state index contributed by atoms with van der Waals surface area (Å²) in [5, 5.41) is 0. The maximum atomic E-state index is 13.2. The molecule has 0 unspecified atom stereocenters. The quantitative estimate of drug-likeness (QED) is 0.831. The number of rotatable bonds is 5. The van der Waals surface area contributed by atoms with Gasteiger partial charge in [-0.2, -0.15) is 0 Å². The Balaban J connectivity index is 2.76. The highest BCUT2D eigenvalue weighted by Gasteiger charge is 2.22. The molecule has 5 nitrogen and oxygen atoms in total. The molecule has 0 saturated heterocycles. The highest BCUT2D eigenvalue weighted by molar-refractivity contribution is 7.92. The van der Waals surface area contributed by atoms with Gasteiger partial charge in [0.15, 0.2) is 0 Å². The lowest BCUT2D eigenvalue weighted by Gasteiger charge is -2.21. The van der Waals surface area contributed by atoms with E-state index in [4.69, 9.17) is 0 Å². The lowest BCUT2D eigenvalue weighted by atomic mass is 9.97. The first-order valence-corrected chi connectivity index (χ1v) is 9.39. The van der Waals surface area contributed by atoms with Gasteiger partial charge in [0, 0.05) is 18.2 Å². The molecular formula is C17H21FN3O2S. The average molecular weight is 350 g/mol. The fourth-order valence-electron chi connectivity index (χ4n) is 2.35. The number of hydrogen-bond acceptors (Lipinski definition) is 4. The summed E-state index contributed by atoms with van der Waals surface area (Å²) in [6.07, 6.45) is 1.54. The van der Waals surface area contributed by atoms with Crippen molar-refractivity contribution in [1.82, 2.24) is 9.97 Å². The second-order valence-electron chi connectivity index (χ2n) is 5.88. The molecule has 1 radical (unpaired) electrons. The monoisotopic (exact) mass is 350 g/mol. The second kappa shape index (κ2) is 6.84. The van der Waals surface area contributed by atoms with E-state index in [1.807, 2.05) is 13.8 Å². The first kappa shape index (κ1) is 18.3. The smallest absolute Gasteiger partial charge is 0.239 e. The molecule has 0 bridgehead atoms. The fourth-order valence-corrected chi connectivity index (χ4v) is 2.73. The van der Waals surface area contributed by atoms with Crippen LogP contribution >= 0.6 is 0 Å². The number of nitrogens with zero attached hydrogens (tertiary/aromatic N) is 3. The van der Waals surface area contributed by atoms with Gasteiger partial charge in [-0.25, -0.2) is 27.1 Å². The Kier molecular flexibility index (Phi) is 5.22. The van der Waals surface area contributed by atoms with Gasteiger partial charge in [0.05, 0.1) is 17.6 Å². The summed E-state index contributed by atoms with van der Waals surface area (Å²) in [5.41, 5.74) is 2.85. The van der Waals surface area contributed by atoms with Crippen molar-refractivity contribution < 1.29 is 12.8 Å². The number of aromatic nitrogens is 2. The normalized spacial score (nSPS) is 11.8. The predicted octanol–water partition coefficient (Wildman–Crippen LogP) is 3.18. The van der Waals surface area contributed by atoms with Crippen LogP contribution in [0.1, 0.15) is 31.0 Å². The van der Waals surface area contributed by atoms with Crippen LogP contribution in [0, 0.1) is 12.7 Å². The van der Waals surface area contributed by atoms with Crippen LogP contribution in [-0.4, -0.2) is 31.7 Å². The second-order valence-corrected chi connectivity index (χ2v) is 7.89. The van der Waals surface area contributed by atoms with E-state index in [0.29, 0.717) is 17.7 Å². The zero-order chi connectivity index (χ0) is 18.1. The van der Waals surface area contributed by atoms with E-state index in [-0.39, 0.29) is 17.7 Å². The Labute approximate surface area is 142 Å². The van der Waals surface area contributed by atoms with Gasteiger partial charge in [0.2, 0.25) is 16.0 Å². The van der Waals surface area contributed by atoms with Crippen LogP contribution in [0.4, 0.5) is 10.3 Å². The Hall–Kier alpha value is -2.02. The third-order valence-electron chi connectivity index (χ3n) is 3.72. The topological polar surface area (TPSA) is 63.2 Å². The molecule has 0 aliphatic rings. The van der Waals surface area contributed by atoms with Crippen LogP contribution in [0.25, 0.3) is 11.3 Å². The number of halogens is 1. The molecule has 0 atom stereocenters. The lowest BCUT2D eigenvalue weighted by molar-refractivity contribution is 0.599. The van der Waals surface area contributed by atoms with Crippen molar-refractivity contribution in [3.05, 3.63) is 48.3 Å². The number of anilines is 1. The summed E-state index contributed by atoms with van der Waals surface area (Å²) in [7, 11) is -2.08. The van der Waals surface area contributed by atoms with Crippen LogP contribution in [-0.2, 0) is 16.4 Å². The molecule has 1 aromatic carbocycles. The van der Waals surface area contributed by atoms with Gasteiger partial charge in [0.1, 0.15) is 5.82 Å². The van der Waals surface area contributed by atoms with Gasteiger partial charge in [-0.1, -0.05) is 13.8 Å². The molecule has 0 saturated carbocycles. The molecule has 0 aliphatic heterocycles. The summed E-state index contributed by atoms with van der Waals surface area (Å²) in [6.45, 7) is 7.88. The Morgan fingerprint density at radius 1 is 1.21 bits per heavy atom. The average Bonchev–Trinajstić information content (AvgIpc) is 2.52. The highest BCUT2D eigenvalue weighted by Crippen LogP contribution is 2.30. The van der Waals surface area contributed by atoms with Crippen LogP contribution in [0.3, 0.4) is 0 Å². The number of hydrogen-bond donors (Lipinski definition) is 0. The molecule has 24 heavy (non-hydrogen) atoms. The lowest BCUT2D eigenvalue weighted by Crippen LogP contribution is -2.27. The molecule has 7 heteroatoms. The van der Waals surface area contributed by atoms with Gasteiger partial charge < -0.3 is 0 Å². The van der Waals surface area contributed by atoms with E-state index in [9.17, 15) is 12.8 Å². The van der Waals surface area contributed by atoms with Crippen LogP contribution in [0.15, 0.2) is 24.3 Å². The molecule has 1 aromatic heterocycles. The SMILES string of the molecule is [CH2]Cc1c(-c2ccc(F)cc2)nc(N(C)S(C)(=O)=O)nc1C(C)C. The molecule has 2 aromatic rings. The van der Waals surface area contributed by atoms with Gasteiger partial charge >= 0.3 is 0 Å². The van der Waals surface area contributed by atoms with E-state index >= 15 is 0 Å². The Morgan fingerprint density at radius 2 is 1.79 bits per heavy atom. The van der Waals surface area contributed by atoms with Crippen molar-refractivity contribution in [2.45, 2.75) is 26.2 Å².